The van der Waals surface area contributed by atoms with Gasteiger partial charge in [-0.3, -0.25) is 9.36 Å². The molecule has 2 aromatic heterocycles. The highest BCUT2D eigenvalue weighted by Crippen LogP contribution is 2.35. The summed E-state index contributed by atoms with van der Waals surface area (Å²) < 4.78 is 7.32. The SMILES string of the molecule is Cc1sc2ncn(CCOc3ccc(Cl)cc3)c(=O)c2c1-c1ccccc1. The molecule has 6 heteroatoms. The minimum Gasteiger partial charge on any atom is -0.492 e. The largest absolute Gasteiger partial charge is 0.492 e. The van der Waals surface area contributed by atoms with Crippen molar-refractivity contribution in [3.05, 3.63) is 81.2 Å². The Kier molecular flexibility index (Phi) is 4.97. The zero-order valence-corrected chi connectivity index (χ0v) is 16.3. The van der Waals surface area contributed by atoms with Crippen molar-refractivity contribution in [2.45, 2.75) is 13.5 Å². The van der Waals surface area contributed by atoms with Crippen LogP contribution in [0.5, 0.6) is 5.75 Å². The van der Waals surface area contributed by atoms with E-state index in [0.717, 1.165) is 26.6 Å². The molecule has 0 saturated carbocycles. The maximum Gasteiger partial charge on any atom is 0.262 e. The summed E-state index contributed by atoms with van der Waals surface area (Å²) in [4.78, 5) is 19.4. The number of fused-ring (bicyclic) bond motifs is 1. The number of thiophene rings is 1. The minimum absolute atomic E-state index is 0.0390. The van der Waals surface area contributed by atoms with Gasteiger partial charge in [-0.15, -0.1) is 11.3 Å². The van der Waals surface area contributed by atoms with Crippen LogP contribution in [0.15, 0.2) is 65.7 Å². The van der Waals surface area contributed by atoms with Gasteiger partial charge in [0.2, 0.25) is 0 Å². The summed E-state index contributed by atoms with van der Waals surface area (Å²) >= 11 is 7.43. The molecule has 4 aromatic rings. The molecule has 0 radical (unpaired) electrons. The summed E-state index contributed by atoms with van der Waals surface area (Å²) in [6, 6.07) is 17.1. The molecule has 0 N–H and O–H groups in total. The molecule has 0 spiro atoms. The van der Waals surface area contributed by atoms with Crippen LogP contribution in [-0.2, 0) is 6.54 Å². The Labute approximate surface area is 165 Å². The van der Waals surface area contributed by atoms with Crippen molar-refractivity contribution in [3.63, 3.8) is 0 Å². The van der Waals surface area contributed by atoms with Gasteiger partial charge in [-0.1, -0.05) is 41.9 Å². The van der Waals surface area contributed by atoms with Crippen molar-refractivity contribution in [1.82, 2.24) is 9.55 Å². The number of ether oxygens (including phenoxy) is 1. The van der Waals surface area contributed by atoms with E-state index >= 15 is 0 Å². The molecule has 0 unspecified atom stereocenters. The molecule has 0 atom stereocenters. The highest BCUT2D eigenvalue weighted by atomic mass is 35.5. The van der Waals surface area contributed by atoms with Gasteiger partial charge in [0.1, 0.15) is 17.2 Å². The smallest absolute Gasteiger partial charge is 0.262 e. The van der Waals surface area contributed by atoms with E-state index in [1.54, 1.807) is 34.4 Å². The van der Waals surface area contributed by atoms with Gasteiger partial charge < -0.3 is 4.74 Å². The van der Waals surface area contributed by atoms with Crippen molar-refractivity contribution in [2.24, 2.45) is 0 Å². The monoisotopic (exact) mass is 396 g/mol. The fourth-order valence-electron chi connectivity index (χ4n) is 3.04. The molecule has 136 valence electrons. The summed E-state index contributed by atoms with van der Waals surface area (Å²) in [6.07, 6.45) is 1.60. The average Bonchev–Trinajstić information content (AvgIpc) is 3.02. The van der Waals surface area contributed by atoms with E-state index < -0.39 is 0 Å². The predicted octanol–water partition coefficient (Wildman–Crippen LogP) is 5.17. The second-order valence-corrected chi connectivity index (χ2v) is 7.76. The standard InChI is InChI=1S/C21H17ClN2O2S/c1-14-18(15-5-3-2-4-6-15)19-20(27-14)23-13-24(21(19)25)11-12-26-17-9-7-16(22)8-10-17/h2-10,13H,11-12H2,1H3. The summed E-state index contributed by atoms with van der Waals surface area (Å²) in [6.45, 7) is 2.83. The van der Waals surface area contributed by atoms with Crippen LogP contribution in [0.4, 0.5) is 0 Å². The molecule has 0 aliphatic rings. The first-order chi connectivity index (χ1) is 13.1. The van der Waals surface area contributed by atoms with Crippen LogP contribution in [-0.4, -0.2) is 16.2 Å². The van der Waals surface area contributed by atoms with Gasteiger partial charge in [0.25, 0.3) is 5.56 Å². The molecular weight excluding hydrogens is 380 g/mol. The second kappa shape index (κ2) is 7.55. The Morgan fingerprint density at radius 2 is 1.85 bits per heavy atom. The molecular formula is C21H17ClN2O2S. The van der Waals surface area contributed by atoms with Crippen molar-refractivity contribution < 1.29 is 4.74 Å². The first-order valence-corrected chi connectivity index (χ1v) is 9.75. The van der Waals surface area contributed by atoms with Crippen molar-refractivity contribution in [2.75, 3.05) is 6.61 Å². The zero-order valence-electron chi connectivity index (χ0n) is 14.7. The minimum atomic E-state index is -0.0390. The number of hydrogen-bond donors (Lipinski definition) is 0. The van der Waals surface area contributed by atoms with Crippen LogP contribution < -0.4 is 10.3 Å². The summed E-state index contributed by atoms with van der Waals surface area (Å²) in [7, 11) is 0. The van der Waals surface area contributed by atoms with Gasteiger partial charge >= 0.3 is 0 Å². The number of rotatable bonds is 5. The Morgan fingerprint density at radius 3 is 2.59 bits per heavy atom. The van der Waals surface area contributed by atoms with Crippen molar-refractivity contribution >= 4 is 33.2 Å². The van der Waals surface area contributed by atoms with E-state index in [1.165, 1.54) is 0 Å². The van der Waals surface area contributed by atoms with Gasteiger partial charge in [-0.25, -0.2) is 4.98 Å². The molecule has 0 bridgehead atoms. The van der Waals surface area contributed by atoms with Gasteiger partial charge in [0, 0.05) is 15.5 Å². The summed E-state index contributed by atoms with van der Waals surface area (Å²) in [5.41, 5.74) is 1.97. The third kappa shape index (κ3) is 3.61. The topological polar surface area (TPSA) is 44.1 Å². The number of aromatic nitrogens is 2. The summed E-state index contributed by atoms with van der Waals surface area (Å²) in [5, 5.41) is 1.34. The van der Waals surface area contributed by atoms with E-state index in [-0.39, 0.29) is 5.56 Å². The van der Waals surface area contributed by atoms with E-state index in [0.29, 0.717) is 23.6 Å². The van der Waals surface area contributed by atoms with Gasteiger partial charge in [-0.05, 0) is 36.8 Å². The van der Waals surface area contributed by atoms with Crippen LogP contribution in [0.25, 0.3) is 21.3 Å². The lowest BCUT2D eigenvalue weighted by Gasteiger charge is -2.09. The van der Waals surface area contributed by atoms with Crippen LogP contribution in [0.1, 0.15) is 4.88 Å². The van der Waals surface area contributed by atoms with Gasteiger partial charge in [0.05, 0.1) is 18.3 Å². The molecule has 27 heavy (non-hydrogen) atoms. The Balaban J connectivity index is 1.64. The Bertz CT molecular complexity index is 1130. The third-order valence-electron chi connectivity index (χ3n) is 4.33. The normalized spacial score (nSPS) is 11.0. The zero-order chi connectivity index (χ0) is 18.8. The molecule has 4 nitrogen and oxygen atoms in total. The highest BCUT2D eigenvalue weighted by Gasteiger charge is 2.16. The number of aryl methyl sites for hydroxylation is 1. The van der Waals surface area contributed by atoms with Gasteiger partial charge in [0.15, 0.2) is 0 Å². The number of hydrogen-bond acceptors (Lipinski definition) is 4. The van der Waals surface area contributed by atoms with Crippen LogP contribution >= 0.6 is 22.9 Å². The van der Waals surface area contributed by atoms with Crippen LogP contribution in [0.2, 0.25) is 5.02 Å². The molecule has 0 fully saturated rings. The first-order valence-electron chi connectivity index (χ1n) is 8.56. The lowest BCUT2D eigenvalue weighted by Crippen LogP contribution is -2.23. The molecule has 0 amide bonds. The first kappa shape index (κ1) is 17.8. The van der Waals surface area contributed by atoms with E-state index in [1.807, 2.05) is 49.4 Å². The van der Waals surface area contributed by atoms with E-state index in [4.69, 9.17) is 16.3 Å². The van der Waals surface area contributed by atoms with Gasteiger partial charge in [-0.2, -0.15) is 0 Å². The highest BCUT2D eigenvalue weighted by molar-refractivity contribution is 7.19. The average molecular weight is 397 g/mol. The molecule has 2 aromatic carbocycles. The molecule has 2 heterocycles. The van der Waals surface area contributed by atoms with Crippen molar-refractivity contribution in [1.29, 1.82) is 0 Å². The van der Waals surface area contributed by atoms with Crippen molar-refractivity contribution in [3.8, 4) is 16.9 Å². The van der Waals surface area contributed by atoms with E-state index in [9.17, 15) is 4.79 Å². The number of benzene rings is 2. The second-order valence-electron chi connectivity index (χ2n) is 6.12. The Hall–Kier alpha value is -2.63. The fraction of sp³-hybridized carbons (Fsp3) is 0.143. The van der Waals surface area contributed by atoms with Crippen LogP contribution in [0.3, 0.4) is 0 Å². The lowest BCUT2D eigenvalue weighted by atomic mass is 10.0. The lowest BCUT2D eigenvalue weighted by molar-refractivity contribution is 0.296. The maximum absolute atomic E-state index is 13.1. The number of nitrogens with zero attached hydrogens (tertiary/aromatic N) is 2. The number of halogens is 1. The Morgan fingerprint density at radius 1 is 1.11 bits per heavy atom. The van der Waals surface area contributed by atoms with E-state index in [2.05, 4.69) is 4.98 Å². The maximum atomic E-state index is 13.1. The quantitative estimate of drug-likeness (QED) is 0.467. The molecule has 0 aliphatic carbocycles. The fourth-order valence-corrected chi connectivity index (χ4v) is 4.17. The van der Waals surface area contributed by atoms with Crippen LogP contribution in [0, 0.1) is 6.92 Å². The molecule has 0 aliphatic heterocycles. The third-order valence-corrected chi connectivity index (χ3v) is 5.60. The summed E-state index contributed by atoms with van der Waals surface area (Å²) in [5.74, 6) is 0.720. The predicted molar refractivity (Wildman–Crippen MR) is 111 cm³/mol. The molecule has 4 rings (SSSR count). The molecule has 0 saturated heterocycles.